The maximum absolute atomic E-state index is 12.5. The first-order chi connectivity index (χ1) is 8.84. The monoisotopic (exact) mass is 280 g/mol. The minimum Gasteiger partial charge on any atom is -0.258 e. The molecule has 0 saturated heterocycles. The summed E-state index contributed by atoms with van der Waals surface area (Å²) in [6, 6.07) is 7.02. The minimum atomic E-state index is -3.95. The molecule has 0 N–H and O–H groups in total. The van der Waals surface area contributed by atoms with Crippen molar-refractivity contribution in [2.24, 2.45) is 0 Å². The lowest BCUT2D eigenvalue weighted by atomic mass is 10.3. The first-order valence-corrected chi connectivity index (χ1v) is 6.92. The van der Waals surface area contributed by atoms with E-state index in [1.165, 1.54) is 30.5 Å². The molecule has 1 aromatic heterocycles. The topological polar surface area (TPSA) is 82.2 Å². The van der Waals surface area contributed by atoms with Crippen LogP contribution < -0.4 is 0 Å². The molecule has 1 aromatic carbocycles. The summed E-state index contributed by atoms with van der Waals surface area (Å²) in [4.78, 5) is 9.92. The second-order valence-corrected chi connectivity index (χ2v) is 5.97. The predicted octanol–water partition coefficient (Wildman–Crippen LogP) is 2.25. The third-order valence-electron chi connectivity index (χ3n) is 2.70. The van der Waals surface area contributed by atoms with Crippen LogP contribution in [0.25, 0.3) is 0 Å². The van der Waals surface area contributed by atoms with Crippen molar-refractivity contribution in [3.8, 4) is 0 Å². The maximum Gasteiger partial charge on any atom is 0.289 e. The Balaban J connectivity index is 2.71. The lowest BCUT2D eigenvalue weighted by Gasteiger charge is -2.08. The SMILES string of the molecule is Cc1cc(C)n(S(=O)(=O)c2ccccc2[N+](=O)[O-])c1. The molecule has 0 radical (unpaired) electrons. The molecule has 0 saturated carbocycles. The quantitative estimate of drug-likeness (QED) is 0.637. The molecule has 19 heavy (non-hydrogen) atoms. The number of nitrogens with zero attached hydrogens (tertiary/aromatic N) is 2. The Labute approximate surface area is 110 Å². The van der Waals surface area contributed by atoms with Gasteiger partial charge in [-0.15, -0.1) is 0 Å². The summed E-state index contributed by atoms with van der Waals surface area (Å²) in [6.45, 7) is 3.40. The van der Waals surface area contributed by atoms with E-state index in [0.717, 1.165) is 9.54 Å². The molecule has 0 unspecified atom stereocenters. The van der Waals surface area contributed by atoms with Gasteiger partial charge in [-0.25, -0.2) is 12.4 Å². The Kier molecular flexibility index (Phi) is 3.15. The van der Waals surface area contributed by atoms with Gasteiger partial charge in [0.05, 0.1) is 4.92 Å². The van der Waals surface area contributed by atoms with Crippen LogP contribution in [-0.2, 0) is 10.0 Å². The van der Waals surface area contributed by atoms with Gasteiger partial charge in [0, 0.05) is 18.0 Å². The van der Waals surface area contributed by atoms with Crippen LogP contribution in [-0.4, -0.2) is 17.3 Å². The Hall–Kier alpha value is -2.15. The average molecular weight is 280 g/mol. The van der Waals surface area contributed by atoms with E-state index in [2.05, 4.69) is 0 Å². The third kappa shape index (κ3) is 2.24. The van der Waals surface area contributed by atoms with Crippen LogP contribution >= 0.6 is 0 Å². The zero-order valence-corrected chi connectivity index (χ0v) is 11.2. The van der Waals surface area contributed by atoms with Crippen LogP contribution in [0.15, 0.2) is 41.4 Å². The highest BCUT2D eigenvalue weighted by atomic mass is 32.2. The van der Waals surface area contributed by atoms with Gasteiger partial charge in [0.2, 0.25) is 0 Å². The zero-order valence-electron chi connectivity index (χ0n) is 10.4. The average Bonchev–Trinajstić information content (AvgIpc) is 2.69. The van der Waals surface area contributed by atoms with Gasteiger partial charge in [0.25, 0.3) is 15.7 Å². The van der Waals surface area contributed by atoms with Crippen molar-refractivity contribution in [2.45, 2.75) is 18.7 Å². The molecule has 0 bridgehead atoms. The molecular formula is C12H12N2O4S. The normalized spacial score (nSPS) is 11.5. The molecule has 2 rings (SSSR count). The number of para-hydroxylation sites is 1. The van der Waals surface area contributed by atoms with Crippen molar-refractivity contribution in [1.29, 1.82) is 0 Å². The van der Waals surface area contributed by atoms with Gasteiger partial charge in [0.1, 0.15) is 0 Å². The number of rotatable bonds is 3. The summed E-state index contributed by atoms with van der Waals surface area (Å²) in [7, 11) is -3.95. The molecule has 0 spiro atoms. The lowest BCUT2D eigenvalue weighted by Crippen LogP contribution is -2.15. The molecular weight excluding hydrogens is 268 g/mol. The number of hydrogen-bond donors (Lipinski definition) is 0. The van der Waals surface area contributed by atoms with Crippen molar-refractivity contribution >= 4 is 15.7 Å². The van der Waals surface area contributed by atoms with Gasteiger partial charge in [0.15, 0.2) is 4.90 Å². The van der Waals surface area contributed by atoms with Crippen LogP contribution in [0.2, 0.25) is 0 Å². The molecule has 0 amide bonds. The van der Waals surface area contributed by atoms with Crippen molar-refractivity contribution in [3.05, 3.63) is 57.9 Å². The Morgan fingerprint density at radius 2 is 1.84 bits per heavy atom. The van der Waals surface area contributed by atoms with E-state index >= 15 is 0 Å². The van der Waals surface area contributed by atoms with Gasteiger partial charge in [-0.05, 0) is 31.5 Å². The van der Waals surface area contributed by atoms with E-state index in [0.29, 0.717) is 5.69 Å². The number of nitro benzene ring substituents is 1. The molecule has 0 atom stereocenters. The minimum absolute atomic E-state index is 0.307. The van der Waals surface area contributed by atoms with E-state index in [1.807, 2.05) is 0 Å². The fourth-order valence-electron chi connectivity index (χ4n) is 1.91. The highest BCUT2D eigenvalue weighted by Gasteiger charge is 2.27. The number of aryl methyl sites for hydroxylation is 2. The van der Waals surface area contributed by atoms with Gasteiger partial charge < -0.3 is 0 Å². The van der Waals surface area contributed by atoms with E-state index in [9.17, 15) is 18.5 Å². The highest BCUT2D eigenvalue weighted by Crippen LogP contribution is 2.26. The number of benzene rings is 1. The number of hydrogen-bond acceptors (Lipinski definition) is 4. The van der Waals surface area contributed by atoms with Gasteiger partial charge in [-0.2, -0.15) is 0 Å². The number of aromatic nitrogens is 1. The summed E-state index contributed by atoms with van der Waals surface area (Å²) in [5, 5.41) is 10.9. The molecule has 0 aliphatic carbocycles. The predicted molar refractivity (Wildman–Crippen MR) is 69.6 cm³/mol. The second-order valence-electron chi connectivity index (χ2n) is 4.18. The smallest absolute Gasteiger partial charge is 0.258 e. The van der Waals surface area contributed by atoms with Crippen LogP contribution in [0.3, 0.4) is 0 Å². The Morgan fingerprint density at radius 3 is 2.37 bits per heavy atom. The standard InChI is InChI=1S/C12H12N2O4S/c1-9-7-10(2)13(8-9)19(17,18)12-6-4-3-5-11(12)14(15)16/h3-8H,1-2H3. The summed E-state index contributed by atoms with van der Waals surface area (Å²) < 4.78 is 26.0. The largest absolute Gasteiger partial charge is 0.289 e. The summed E-state index contributed by atoms with van der Waals surface area (Å²) in [5.41, 5.74) is 0.864. The van der Waals surface area contributed by atoms with Gasteiger partial charge >= 0.3 is 0 Å². The van der Waals surface area contributed by atoms with E-state index in [-0.39, 0.29) is 4.90 Å². The molecule has 0 fully saturated rings. The summed E-state index contributed by atoms with van der Waals surface area (Å²) >= 11 is 0. The zero-order chi connectivity index (χ0) is 14.2. The fourth-order valence-corrected chi connectivity index (χ4v) is 3.51. The molecule has 1 heterocycles. The van der Waals surface area contributed by atoms with Crippen LogP contribution in [0.5, 0.6) is 0 Å². The first kappa shape index (κ1) is 13.3. The molecule has 0 aliphatic heterocycles. The molecule has 2 aromatic rings. The summed E-state index contributed by atoms with van der Waals surface area (Å²) in [5.74, 6) is 0. The van der Waals surface area contributed by atoms with E-state index in [4.69, 9.17) is 0 Å². The van der Waals surface area contributed by atoms with Crippen molar-refractivity contribution in [2.75, 3.05) is 0 Å². The molecule has 100 valence electrons. The first-order valence-electron chi connectivity index (χ1n) is 5.48. The third-order valence-corrected chi connectivity index (χ3v) is 4.52. The maximum atomic E-state index is 12.5. The Bertz CT molecular complexity index is 747. The molecule has 7 heteroatoms. The van der Waals surface area contributed by atoms with Gasteiger partial charge in [-0.1, -0.05) is 12.1 Å². The fraction of sp³-hybridized carbons (Fsp3) is 0.167. The van der Waals surface area contributed by atoms with Crippen LogP contribution in [0, 0.1) is 24.0 Å². The lowest BCUT2D eigenvalue weighted by molar-refractivity contribution is -0.387. The highest BCUT2D eigenvalue weighted by molar-refractivity contribution is 7.90. The van der Waals surface area contributed by atoms with E-state index in [1.54, 1.807) is 19.9 Å². The van der Waals surface area contributed by atoms with Crippen LogP contribution in [0.1, 0.15) is 11.3 Å². The second kappa shape index (κ2) is 4.51. The molecule has 0 aliphatic rings. The summed E-state index contributed by atoms with van der Waals surface area (Å²) in [6.07, 6.45) is 1.45. The molecule has 6 nitrogen and oxygen atoms in total. The Morgan fingerprint density at radius 1 is 1.21 bits per heavy atom. The number of nitro groups is 1. The van der Waals surface area contributed by atoms with E-state index < -0.39 is 20.6 Å². The van der Waals surface area contributed by atoms with Crippen LogP contribution in [0.4, 0.5) is 5.69 Å². The van der Waals surface area contributed by atoms with Gasteiger partial charge in [-0.3, -0.25) is 10.1 Å². The van der Waals surface area contributed by atoms with Crippen molar-refractivity contribution in [1.82, 2.24) is 3.97 Å². The van der Waals surface area contributed by atoms with Crippen molar-refractivity contribution < 1.29 is 13.3 Å². The van der Waals surface area contributed by atoms with Crippen molar-refractivity contribution in [3.63, 3.8) is 0 Å².